The highest BCUT2D eigenvalue weighted by molar-refractivity contribution is 7.12. The Bertz CT molecular complexity index is 608. The molecular weight excluding hydrogens is 307 g/mol. The average Bonchev–Trinajstić information content (AvgIpc) is 2.81. The lowest BCUT2D eigenvalue weighted by Gasteiger charge is -2.12. The first kappa shape index (κ1) is 14.3. The SMILES string of the molecule is Cc1ccc(C(Cl)c2c(F)c(F)c(F)c(F)c2F)s1. The summed E-state index contributed by atoms with van der Waals surface area (Å²) in [5, 5.41) is -1.43. The summed E-state index contributed by atoms with van der Waals surface area (Å²) < 4.78 is 66.1. The summed E-state index contributed by atoms with van der Waals surface area (Å²) in [6, 6.07) is 3.12. The zero-order valence-electron chi connectivity index (χ0n) is 9.41. The van der Waals surface area contributed by atoms with Crippen molar-refractivity contribution in [3.63, 3.8) is 0 Å². The Kier molecular flexibility index (Phi) is 3.82. The van der Waals surface area contributed by atoms with Crippen molar-refractivity contribution in [3.05, 3.63) is 56.5 Å². The maximum Gasteiger partial charge on any atom is 0.200 e. The summed E-state index contributed by atoms with van der Waals surface area (Å²) >= 11 is 6.95. The Labute approximate surface area is 114 Å². The minimum atomic E-state index is -2.19. The predicted molar refractivity (Wildman–Crippen MR) is 63.0 cm³/mol. The van der Waals surface area contributed by atoms with Crippen LogP contribution in [0.5, 0.6) is 0 Å². The molecule has 0 saturated carbocycles. The van der Waals surface area contributed by atoms with Crippen molar-refractivity contribution in [1.29, 1.82) is 0 Å². The number of thiophene rings is 1. The third kappa shape index (κ3) is 2.34. The average molecular weight is 313 g/mol. The fraction of sp³-hybridized carbons (Fsp3) is 0.167. The second-order valence-corrected chi connectivity index (χ2v) is 5.55. The van der Waals surface area contributed by atoms with Crippen LogP contribution in [0.1, 0.15) is 20.7 Å². The Hall–Kier alpha value is -1.14. The van der Waals surface area contributed by atoms with Crippen molar-refractivity contribution in [2.75, 3.05) is 0 Å². The summed E-state index contributed by atoms with van der Waals surface area (Å²) in [4.78, 5) is 1.12. The van der Waals surface area contributed by atoms with E-state index >= 15 is 0 Å². The summed E-state index contributed by atoms with van der Waals surface area (Å²) in [5.41, 5.74) is -1.03. The van der Waals surface area contributed by atoms with Gasteiger partial charge in [0, 0.05) is 9.75 Å². The molecule has 2 rings (SSSR count). The van der Waals surface area contributed by atoms with Crippen LogP contribution in [0.15, 0.2) is 12.1 Å². The van der Waals surface area contributed by atoms with Gasteiger partial charge in [0.15, 0.2) is 23.3 Å². The molecule has 0 aliphatic heterocycles. The first-order valence-corrected chi connectivity index (χ1v) is 6.31. The van der Waals surface area contributed by atoms with E-state index in [2.05, 4.69) is 0 Å². The molecule has 1 unspecified atom stereocenters. The normalized spacial score (nSPS) is 12.8. The minimum Gasteiger partial charge on any atom is -0.203 e. The lowest BCUT2D eigenvalue weighted by molar-refractivity contribution is 0.371. The van der Waals surface area contributed by atoms with Crippen molar-refractivity contribution < 1.29 is 22.0 Å². The molecule has 0 fully saturated rings. The van der Waals surface area contributed by atoms with Gasteiger partial charge in [-0.1, -0.05) is 0 Å². The van der Waals surface area contributed by atoms with Gasteiger partial charge in [0.25, 0.3) is 0 Å². The molecule has 0 amide bonds. The molecule has 0 spiro atoms. The number of hydrogen-bond donors (Lipinski definition) is 0. The minimum absolute atomic E-state index is 0.308. The molecule has 0 nitrogen and oxygen atoms in total. The molecule has 1 aromatic carbocycles. The molecule has 1 atom stereocenters. The van der Waals surface area contributed by atoms with Gasteiger partial charge in [-0.05, 0) is 19.1 Å². The van der Waals surface area contributed by atoms with Gasteiger partial charge in [0.2, 0.25) is 5.82 Å². The van der Waals surface area contributed by atoms with Gasteiger partial charge in [-0.25, -0.2) is 22.0 Å². The third-order valence-corrected chi connectivity index (χ3v) is 4.16. The topological polar surface area (TPSA) is 0 Å². The van der Waals surface area contributed by atoms with Gasteiger partial charge >= 0.3 is 0 Å². The Morgan fingerprint density at radius 3 is 1.79 bits per heavy atom. The zero-order valence-corrected chi connectivity index (χ0v) is 11.0. The molecule has 0 N–H and O–H groups in total. The van der Waals surface area contributed by atoms with Crippen molar-refractivity contribution in [3.8, 4) is 0 Å². The summed E-state index contributed by atoms with van der Waals surface area (Å²) in [7, 11) is 0. The zero-order chi connectivity index (χ0) is 14.3. The monoisotopic (exact) mass is 312 g/mol. The van der Waals surface area contributed by atoms with Gasteiger partial charge in [-0.3, -0.25) is 0 Å². The van der Waals surface area contributed by atoms with Crippen LogP contribution in [0.4, 0.5) is 22.0 Å². The second kappa shape index (κ2) is 5.09. The van der Waals surface area contributed by atoms with E-state index in [4.69, 9.17) is 11.6 Å². The first-order valence-electron chi connectivity index (χ1n) is 5.06. The highest BCUT2D eigenvalue weighted by atomic mass is 35.5. The van der Waals surface area contributed by atoms with Crippen molar-refractivity contribution in [2.45, 2.75) is 12.3 Å². The van der Waals surface area contributed by atoms with E-state index in [1.54, 1.807) is 13.0 Å². The molecule has 7 heteroatoms. The summed E-state index contributed by atoms with van der Waals surface area (Å²) in [6.07, 6.45) is 0. The molecule has 0 bridgehead atoms. The number of benzene rings is 1. The standard InChI is InChI=1S/C12H6ClF5S/c1-4-2-3-5(19-4)7(13)6-8(14)10(16)12(18)11(17)9(6)15/h2-3,7H,1H3. The molecule has 19 heavy (non-hydrogen) atoms. The highest BCUT2D eigenvalue weighted by Crippen LogP contribution is 2.38. The highest BCUT2D eigenvalue weighted by Gasteiger charge is 2.30. The van der Waals surface area contributed by atoms with E-state index in [1.807, 2.05) is 0 Å². The number of halogens is 6. The van der Waals surface area contributed by atoms with E-state index in [1.165, 1.54) is 6.07 Å². The van der Waals surface area contributed by atoms with E-state index < -0.39 is 40.0 Å². The van der Waals surface area contributed by atoms with Crippen molar-refractivity contribution in [1.82, 2.24) is 0 Å². The van der Waals surface area contributed by atoms with Crippen LogP contribution in [0, 0.1) is 36.0 Å². The van der Waals surface area contributed by atoms with Crippen molar-refractivity contribution in [2.24, 2.45) is 0 Å². The molecule has 102 valence electrons. The van der Waals surface area contributed by atoms with Crippen LogP contribution in [0.3, 0.4) is 0 Å². The van der Waals surface area contributed by atoms with Crippen LogP contribution in [-0.4, -0.2) is 0 Å². The van der Waals surface area contributed by atoms with Crippen LogP contribution in [0.2, 0.25) is 0 Å². The molecule has 0 aliphatic rings. The lowest BCUT2D eigenvalue weighted by atomic mass is 10.1. The van der Waals surface area contributed by atoms with Gasteiger partial charge in [0.05, 0.1) is 10.9 Å². The lowest BCUT2D eigenvalue weighted by Crippen LogP contribution is -2.09. The number of alkyl halides is 1. The molecule has 0 saturated heterocycles. The predicted octanol–water partition coefficient (Wildman–Crippen LogP) is 5.08. The summed E-state index contributed by atoms with van der Waals surface area (Å²) in [6.45, 7) is 1.73. The number of rotatable bonds is 2. The van der Waals surface area contributed by atoms with Crippen LogP contribution in [-0.2, 0) is 0 Å². The van der Waals surface area contributed by atoms with Gasteiger partial charge < -0.3 is 0 Å². The second-order valence-electron chi connectivity index (χ2n) is 3.79. The van der Waals surface area contributed by atoms with Crippen LogP contribution in [0.25, 0.3) is 0 Å². The molecular formula is C12H6ClF5S. The smallest absolute Gasteiger partial charge is 0.200 e. The molecule has 1 aromatic heterocycles. The van der Waals surface area contributed by atoms with E-state index in [0.717, 1.165) is 16.2 Å². The maximum atomic E-state index is 13.5. The van der Waals surface area contributed by atoms with E-state index in [0.29, 0.717) is 4.88 Å². The number of aryl methyl sites for hydroxylation is 1. The molecule has 2 aromatic rings. The van der Waals surface area contributed by atoms with Gasteiger partial charge in [-0.2, -0.15) is 0 Å². The van der Waals surface area contributed by atoms with Gasteiger partial charge in [-0.15, -0.1) is 22.9 Å². The van der Waals surface area contributed by atoms with E-state index in [9.17, 15) is 22.0 Å². The fourth-order valence-corrected chi connectivity index (χ4v) is 2.84. The first-order chi connectivity index (χ1) is 8.84. The van der Waals surface area contributed by atoms with Crippen LogP contribution >= 0.6 is 22.9 Å². The Morgan fingerprint density at radius 2 is 1.37 bits per heavy atom. The maximum absolute atomic E-state index is 13.5. The van der Waals surface area contributed by atoms with E-state index in [-0.39, 0.29) is 0 Å². The fourth-order valence-electron chi connectivity index (χ4n) is 1.58. The third-order valence-electron chi connectivity index (χ3n) is 2.51. The van der Waals surface area contributed by atoms with Gasteiger partial charge in [0.1, 0.15) is 0 Å². The number of hydrogen-bond acceptors (Lipinski definition) is 1. The molecule has 0 radical (unpaired) electrons. The molecule has 0 aliphatic carbocycles. The molecule has 1 heterocycles. The Balaban J connectivity index is 2.63. The van der Waals surface area contributed by atoms with Crippen molar-refractivity contribution >= 4 is 22.9 Å². The van der Waals surface area contributed by atoms with Crippen LogP contribution < -0.4 is 0 Å². The Morgan fingerprint density at radius 1 is 0.895 bits per heavy atom. The summed E-state index contributed by atoms with van der Waals surface area (Å²) in [5.74, 6) is -9.98. The largest absolute Gasteiger partial charge is 0.203 e. The quantitative estimate of drug-likeness (QED) is 0.314.